The van der Waals surface area contributed by atoms with Gasteiger partial charge in [0.05, 0.1) is 30.8 Å². The largest absolute Gasteiger partial charge is 0.491 e. The van der Waals surface area contributed by atoms with Crippen LogP contribution in [0.15, 0.2) is 23.6 Å². The summed E-state index contributed by atoms with van der Waals surface area (Å²) in [5, 5.41) is 5.15. The van der Waals surface area contributed by atoms with Crippen LogP contribution in [0.4, 0.5) is 5.13 Å². The van der Waals surface area contributed by atoms with Gasteiger partial charge in [0.25, 0.3) is 5.91 Å². The van der Waals surface area contributed by atoms with Gasteiger partial charge in [0.15, 0.2) is 5.13 Å². The first-order chi connectivity index (χ1) is 13.8. The van der Waals surface area contributed by atoms with Crippen molar-refractivity contribution in [2.45, 2.75) is 45.7 Å². The first-order valence-corrected chi connectivity index (χ1v) is 11.2. The standard InChI is InChI=1S/C20H26N2O5S2/c1-12(2)26-16-6-14(7-17(8-16)27-13(3)4)19(24)22-20-21-15(10-29-20)9-28-11-18(23)25-5/h6-8,10,12-13H,9,11H2,1-5H3,(H,21,22,24). The molecule has 1 aromatic carbocycles. The quantitative estimate of drug-likeness (QED) is 0.551. The fraction of sp³-hybridized carbons (Fsp3) is 0.450. The van der Waals surface area contributed by atoms with E-state index in [2.05, 4.69) is 15.0 Å². The fourth-order valence-corrected chi connectivity index (χ4v) is 3.84. The average molecular weight is 439 g/mol. The van der Waals surface area contributed by atoms with E-state index in [0.29, 0.717) is 27.9 Å². The van der Waals surface area contributed by atoms with E-state index in [1.165, 1.54) is 30.2 Å². The monoisotopic (exact) mass is 438 g/mol. The second-order valence-electron chi connectivity index (χ2n) is 6.69. The number of hydrogen-bond acceptors (Lipinski definition) is 8. The summed E-state index contributed by atoms with van der Waals surface area (Å²) in [5.74, 6) is 1.39. The Labute approximate surface area is 179 Å². The molecule has 29 heavy (non-hydrogen) atoms. The van der Waals surface area contributed by atoms with Crippen molar-refractivity contribution in [3.8, 4) is 11.5 Å². The Bertz CT molecular complexity index is 808. The molecule has 2 rings (SSSR count). The lowest BCUT2D eigenvalue weighted by molar-refractivity contribution is -0.137. The Morgan fingerprint density at radius 3 is 2.28 bits per heavy atom. The summed E-state index contributed by atoms with van der Waals surface area (Å²) >= 11 is 2.74. The van der Waals surface area contributed by atoms with Crippen molar-refractivity contribution >= 4 is 40.1 Å². The Morgan fingerprint density at radius 2 is 1.72 bits per heavy atom. The smallest absolute Gasteiger partial charge is 0.315 e. The molecule has 1 heterocycles. The molecule has 7 nitrogen and oxygen atoms in total. The number of thiazole rings is 1. The molecule has 158 valence electrons. The number of rotatable bonds is 10. The van der Waals surface area contributed by atoms with Crippen LogP contribution in [-0.2, 0) is 15.3 Å². The van der Waals surface area contributed by atoms with Crippen LogP contribution in [0.5, 0.6) is 11.5 Å². The molecule has 1 amide bonds. The predicted molar refractivity (Wildman–Crippen MR) is 116 cm³/mol. The third-order valence-electron chi connectivity index (χ3n) is 3.36. The van der Waals surface area contributed by atoms with Gasteiger partial charge in [0.1, 0.15) is 11.5 Å². The number of nitrogens with one attached hydrogen (secondary N) is 1. The molecular formula is C20H26N2O5S2. The average Bonchev–Trinajstić information content (AvgIpc) is 3.07. The number of carbonyl (C=O) groups excluding carboxylic acids is 2. The van der Waals surface area contributed by atoms with E-state index < -0.39 is 0 Å². The molecule has 1 N–H and O–H groups in total. The second kappa shape index (κ2) is 11.1. The van der Waals surface area contributed by atoms with E-state index in [-0.39, 0.29) is 29.8 Å². The minimum Gasteiger partial charge on any atom is -0.491 e. The van der Waals surface area contributed by atoms with Crippen LogP contribution in [0.3, 0.4) is 0 Å². The van der Waals surface area contributed by atoms with Crippen LogP contribution >= 0.6 is 23.1 Å². The summed E-state index contributed by atoms with van der Waals surface area (Å²) < 4.78 is 16.1. The maximum Gasteiger partial charge on any atom is 0.315 e. The SMILES string of the molecule is COC(=O)CSCc1csc(NC(=O)c2cc(OC(C)C)cc(OC(C)C)c2)n1. The Hall–Kier alpha value is -2.26. The summed E-state index contributed by atoms with van der Waals surface area (Å²) in [6.45, 7) is 7.69. The number of aromatic nitrogens is 1. The molecule has 0 spiro atoms. The summed E-state index contributed by atoms with van der Waals surface area (Å²) in [6, 6.07) is 5.14. The van der Waals surface area contributed by atoms with Crippen molar-refractivity contribution in [3.63, 3.8) is 0 Å². The third-order valence-corrected chi connectivity index (χ3v) is 5.10. The minimum absolute atomic E-state index is 0.0239. The number of esters is 1. The van der Waals surface area contributed by atoms with Gasteiger partial charge < -0.3 is 14.2 Å². The molecule has 0 bridgehead atoms. The molecule has 0 unspecified atom stereocenters. The van der Waals surface area contributed by atoms with Gasteiger partial charge in [-0.25, -0.2) is 4.98 Å². The van der Waals surface area contributed by atoms with Crippen LogP contribution in [-0.4, -0.2) is 41.9 Å². The number of thioether (sulfide) groups is 1. The number of anilines is 1. The molecule has 0 aliphatic rings. The highest BCUT2D eigenvalue weighted by Gasteiger charge is 2.14. The van der Waals surface area contributed by atoms with Crippen molar-refractivity contribution in [3.05, 3.63) is 34.8 Å². The van der Waals surface area contributed by atoms with Crippen LogP contribution in [0.25, 0.3) is 0 Å². The van der Waals surface area contributed by atoms with Crippen molar-refractivity contribution in [1.82, 2.24) is 4.98 Å². The van der Waals surface area contributed by atoms with Crippen LogP contribution in [0.1, 0.15) is 43.7 Å². The zero-order chi connectivity index (χ0) is 21.4. The molecule has 9 heteroatoms. The highest BCUT2D eigenvalue weighted by Crippen LogP contribution is 2.26. The van der Waals surface area contributed by atoms with Crippen LogP contribution in [0, 0.1) is 0 Å². The molecule has 0 atom stereocenters. The van der Waals surface area contributed by atoms with Crippen LogP contribution in [0.2, 0.25) is 0 Å². The molecule has 2 aromatic rings. The molecule has 0 saturated carbocycles. The second-order valence-corrected chi connectivity index (χ2v) is 8.54. The van der Waals surface area contributed by atoms with Gasteiger partial charge >= 0.3 is 5.97 Å². The third kappa shape index (κ3) is 7.94. The summed E-state index contributed by atoms with van der Waals surface area (Å²) in [6.07, 6.45) is -0.0477. The maximum absolute atomic E-state index is 12.7. The van der Waals surface area contributed by atoms with Gasteiger partial charge in [-0.3, -0.25) is 14.9 Å². The fourth-order valence-electron chi connectivity index (χ4n) is 2.28. The number of ether oxygens (including phenoxy) is 3. The summed E-state index contributed by atoms with van der Waals surface area (Å²) in [5.41, 5.74) is 1.22. The van der Waals surface area contributed by atoms with E-state index in [4.69, 9.17) is 9.47 Å². The minimum atomic E-state index is -0.295. The zero-order valence-electron chi connectivity index (χ0n) is 17.2. The topological polar surface area (TPSA) is 86.8 Å². The van der Waals surface area contributed by atoms with Gasteiger partial charge in [0.2, 0.25) is 0 Å². The lowest BCUT2D eigenvalue weighted by Crippen LogP contribution is -2.14. The van der Waals surface area contributed by atoms with E-state index in [1.807, 2.05) is 33.1 Å². The Kier molecular flexibility index (Phi) is 8.78. The molecule has 0 radical (unpaired) electrons. The number of hydrogen-bond donors (Lipinski definition) is 1. The van der Waals surface area contributed by atoms with E-state index in [0.717, 1.165) is 5.69 Å². The Morgan fingerprint density at radius 1 is 1.10 bits per heavy atom. The normalized spacial score (nSPS) is 10.9. The summed E-state index contributed by atoms with van der Waals surface area (Å²) in [7, 11) is 1.36. The number of benzene rings is 1. The number of amides is 1. The molecule has 0 fully saturated rings. The van der Waals surface area contributed by atoms with Crippen molar-refractivity contribution in [2.75, 3.05) is 18.2 Å². The van der Waals surface area contributed by atoms with E-state index in [9.17, 15) is 9.59 Å². The highest BCUT2D eigenvalue weighted by molar-refractivity contribution is 7.99. The van der Waals surface area contributed by atoms with Crippen molar-refractivity contribution < 1.29 is 23.8 Å². The first-order valence-electron chi connectivity index (χ1n) is 9.15. The van der Waals surface area contributed by atoms with Crippen LogP contribution < -0.4 is 14.8 Å². The highest BCUT2D eigenvalue weighted by atomic mass is 32.2. The molecular weight excluding hydrogens is 412 g/mol. The Balaban J connectivity index is 2.06. The number of carbonyl (C=O) groups is 2. The van der Waals surface area contributed by atoms with Gasteiger partial charge in [-0.2, -0.15) is 0 Å². The number of nitrogens with zero attached hydrogens (tertiary/aromatic N) is 1. The van der Waals surface area contributed by atoms with Gasteiger partial charge in [-0.1, -0.05) is 0 Å². The molecule has 1 aromatic heterocycles. The molecule has 0 aliphatic heterocycles. The van der Waals surface area contributed by atoms with E-state index in [1.54, 1.807) is 18.2 Å². The predicted octanol–water partition coefficient (Wildman–Crippen LogP) is 4.38. The summed E-state index contributed by atoms with van der Waals surface area (Å²) in [4.78, 5) is 28.3. The maximum atomic E-state index is 12.7. The van der Waals surface area contributed by atoms with Gasteiger partial charge in [-0.05, 0) is 39.8 Å². The van der Waals surface area contributed by atoms with Crippen molar-refractivity contribution in [1.29, 1.82) is 0 Å². The molecule has 0 saturated heterocycles. The zero-order valence-corrected chi connectivity index (χ0v) is 18.8. The van der Waals surface area contributed by atoms with Gasteiger partial charge in [-0.15, -0.1) is 23.1 Å². The lowest BCUT2D eigenvalue weighted by Gasteiger charge is -2.15. The van der Waals surface area contributed by atoms with Crippen molar-refractivity contribution in [2.24, 2.45) is 0 Å². The molecule has 0 aliphatic carbocycles. The lowest BCUT2D eigenvalue weighted by atomic mass is 10.2. The van der Waals surface area contributed by atoms with Gasteiger partial charge in [0, 0.05) is 22.8 Å². The number of methoxy groups -OCH3 is 1. The van der Waals surface area contributed by atoms with E-state index >= 15 is 0 Å². The first kappa shape index (κ1) is 23.0.